The van der Waals surface area contributed by atoms with Crippen LogP contribution in [0.15, 0.2) is 28.0 Å². The molecule has 0 aliphatic carbocycles. The maximum absolute atomic E-state index is 5.38. The summed E-state index contributed by atoms with van der Waals surface area (Å²) in [4.78, 5) is 6.70. The van der Waals surface area contributed by atoms with Crippen molar-refractivity contribution in [3.8, 4) is 0 Å². The maximum Gasteiger partial charge on any atom is 0.194 e. The molecular formula is C17H26N6O. The van der Waals surface area contributed by atoms with E-state index in [4.69, 9.17) is 4.52 Å². The van der Waals surface area contributed by atoms with Crippen molar-refractivity contribution in [1.82, 2.24) is 25.2 Å². The van der Waals surface area contributed by atoms with E-state index in [0.29, 0.717) is 18.4 Å². The molecule has 7 nitrogen and oxygen atoms in total. The minimum Gasteiger partial charge on any atom is -0.359 e. The molecule has 0 saturated carbocycles. The first kappa shape index (κ1) is 16.5. The Morgan fingerprint density at radius 2 is 2.33 bits per heavy atom. The monoisotopic (exact) mass is 330 g/mol. The van der Waals surface area contributed by atoms with Crippen molar-refractivity contribution in [2.45, 2.75) is 38.6 Å². The van der Waals surface area contributed by atoms with Crippen LogP contribution in [0.2, 0.25) is 0 Å². The molecule has 2 aromatic heterocycles. The van der Waals surface area contributed by atoms with Gasteiger partial charge >= 0.3 is 0 Å². The van der Waals surface area contributed by atoms with Crippen molar-refractivity contribution in [1.29, 1.82) is 0 Å². The minimum absolute atomic E-state index is 0.376. The molecule has 0 amide bonds. The van der Waals surface area contributed by atoms with Crippen LogP contribution in [0.1, 0.15) is 49.1 Å². The van der Waals surface area contributed by atoms with Gasteiger partial charge < -0.3 is 14.7 Å². The molecule has 1 fully saturated rings. The summed E-state index contributed by atoms with van der Waals surface area (Å²) in [5.41, 5.74) is 2.28. The predicted octanol–water partition coefficient (Wildman–Crippen LogP) is 2.10. The molecule has 24 heavy (non-hydrogen) atoms. The number of aromatic nitrogens is 3. The molecule has 2 aromatic rings. The van der Waals surface area contributed by atoms with E-state index in [2.05, 4.69) is 45.5 Å². The molecule has 130 valence electrons. The lowest BCUT2D eigenvalue weighted by atomic mass is 10.0. The molecule has 7 heteroatoms. The van der Waals surface area contributed by atoms with Crippen LogP contribution in [0, 0.1) is 0 Å². The summed E-state index contributed by atoms with van der Waals surface area (Å²) in [6.07, 6.45) is 5.19. The zero-order valence-corrected chi connectivity index (χ0v) is 14.9. The number of hydrogen-bond acceptors (Lipinski definition) is 4. The molecule has 3 heterocycles. The molecule has 1 N–H and O–H groups in total. The maximum atomic E-state index is 5.38. The number of guanidine groups is 1. The fourth-order valence-electron chi connectivity index (χ4n) is 3.06. The standard InChI is InChI=1S/C17H26N6O/c1-12(2)16-7-15(24-21-16)9-19-17(18-3)23-6-5-13(11-23)14-8-20-22(4)10-14/h7-8,10,12-13H,5-6,9,11H2,1-4H3,(H,18,19). The molecule has 1 saturated heterocycles. The Morgan fingerprint density at radius 3 is 2.96 bits per heavy atom. The van der Waals surface area contributed by atoms with Crippen LogP contribution in [0.4, 0.5) is 0 Å². The highest BCUT2D eigenvalue weighted by molar-refractivity contribution is 5.80. The molecule has 0 spiro atoms. The van der Waals surface area contributed by atoms with E-state index in [1.807, 2.05) is 31.0 Å². The third-order valence-electron chi connectivity index (χ3n) is 4.49. The van der Waals surface area contributed by atoms with Gasteiger partial charge in [-0.1, -0.05) is 19.0 Å². The summed E-state index contributed by atoms with van der Waals surface area (Å²) < 4.78 is 7.24. The quantitative estimate of drug-likeness (QED) is 0.686. The lowest BCUT2D eigenvalue weighted by molar-refractivity contribution is 0.369. The van der Waals surface area contributed by atoms with E-state index in [1.165, 1.54) is 5.56 Å². The third-order valence-corrected chi connectivity index (χ3v) is 4.49. The smallest absolute Gasteiger partial charge is 0.194 e. The van der Waals surface area contributed by atoms with Crippen LogP contribution in [0.25, 0.3) is 0 Å². The van der Waals surface area contributed by atoms with E-state index >= 15 is 0 Å². The van der Waals surface area contributed by atoms with E-state index in [-0.39, 0.29) is 0 Å². The van der Waals surface area contributed by atoms with E-state index in [1.54, 1.807) is 0 Å². The zero-order valence-electron chi connectivity index (χ0n) is 14.9. The Morgan fingerprint density at radius 1 is 1.50 bits per heavy atom. The van der Waals surface area contributed by atoms with Crippen molar-refractivity contribution >= 4 is 5.96 Å². The van der Waals surface area contributed by atoms with Gasteiger partial charge in [0, 0.05) is 45.4 Å². The highest BCUT2D eigenvalue weighted by atomic mass is 16.5. The fraction of sp³-hybridized carbons (Fsp3) is 0.588. The SMILES string of the molecule is CN=C(NCc1cc(C(C)C)no1)N1CCC(c2cnn(C)c2)C1. The second kappa shape index (κ2) is 7.07. The summed E-state index contributed by atoms with van der Waals surface area (Å²) in [7, 11) is 3.78. The van der Waals surface area contributed by atoms with Crippen molar-refractivity contribution < 1.29 is 4.52 Å². The van der Waals surface area contributed by atoms with Gasteiger partial charge in [-0.15, -0.1) is 0 Å². The Hall–Kier alpha value is -2.31. The number of likely N-dealkylation sites (tertiary alicyclic amines) is 1. The summed E-state index contributed by atoms with van der Waals surface area (Å²) in [6.45, 7) is 6.76. The Kier molecular flexibility index (Phi) is 4.87. The van der Waals surface area contributed by atoms with Gasteiger partial charge in [-0.2, -0.15) is 5.10 Å². The molecule has 0 bridgehead atoms. The van der Waals surface area contributed by atoms with Gasteiger partial charge in [0.1, 0.15) is 0 Å². The molecule has 1 atom stereocenters. The Balaban J connectivity index is 1.56. The molecule has 1 aliphatic rings. The summed E-state index contributed by atoms with van der Waals surface area (Å²) in [6, 6.07) is 2.01. The molecule has 3 rings (SSSR count). The first-order chi connectivity index (χ1) is 11.6. The minimum atomic E-state index is 0.376. The fourth-order valence-corrected chi connectivity index (χ4v) is 3.06. The van der Waals surface area contributed by atoms with E-state index in [0.717, 1.165) is 36.9 Å². The average Bonchev–Trinajstić information content (AvgIpc) is 3.27. The van der Waals surface area contributed by atoms with Crippen LogP contribution < -0.4 is 5.32 Å². The lowest BCUT2D eigenvalue weighted by Gasteiger charge is -2.21. The van der Waals surface area contributed by atoms with E-state index in [9.17, 15) is 0 Å². The van der Waals surface area contributed by atoms with Gasteiger partial charge in [-0.3, -0.25) is 9.67 Å². The highest BCUT2D eigenvalue weighted by Gasteiger charge is 2.27. The molecule has 0 aromatic carbocycles. The number of nitrogens with zero attached hydrogens (tertiary/aromatic N) is 5. The zero-order chi connectivity index (χ0) is 17.1. The molecule has 0 radical (unpaired) electrons. The number of hydrogen-bond donors (Lipinski definition) is 1. The second-order valence-electron chi connectivity index (χ2n) is 6.65. The van der Waals surface area contributed by atoms with Crippen molar-refractivity contribution in [3.05, 3.63) is 35.5 Å². The van der Waals surface area contributed by atoms with Crippen LogP contribution in [-0.2, 0) is 13.6 Å². The van der Waals surface area contributed by atoms with Gasteiger partial charge in [0.25, 0.3) is 0 Å². The van der Waals surface area contributed by atoms with Gasteiger partial charge in [0.15, 0.2) is 11.7 Å². The van der Waals surface area contributed by atoms with Crippen LogP contribution in [-0.4, -0.2) is 45.9 Å². The topological polar surface area (TPSA) is 71.5 Å². The van der Waals surface area contributed by atoms with Crippen LogP contribution in [0.3, 0.4) is 0 Å². The van der Waals surface area contributed by atoms with Crippen molar-refractivity contribution in [2.75, 3.05) is 20.1 Å². The Bertz CT molecular complexity index is 702. The van der Waals surface area contributed by atoms with E-state index < -0.39 is 0 Å². The van der Waals surface area contributed by atoms with Gasteiger partial charge in [0.05, 0.1) is 18.4 Å². The van der Waals surface area contributed by atoms with Crippen LogP contribution in [0.5, 0.6) is 0 Å². The molecule has 1 unspecified atom stereocenters. The normalized spacial score (nSPS) is 18.6. The van der Waals surface area contributed by atoms with Crippen LogP contribution >= 0.6 is 0 Å². The predicted molar refractivity (Wildman–Crippen MR) is 92.9 cm³/mol. The largest absolute Gasteiger partial charge is 0.359 e. The number of rotatable bonds is 4. The Labute approximate surface area is 142 Å². The summed E-state index contributed by atoms with van der Waals surface area (Å²) >= 11 is 0. The van der Waals surface area contributed by atoms with Gasteiger partial charge in [0.2, 0.25) is 0 Å². The average molecular weight is 330 g/mol. The third kappa shape index (κ3) is 3.60. The van der Waals surface area contributed by atoms with Gasteiger partial charge in [-0.25, -0.2) is 0 Å². The second-order valence-corrected chi connectivity index (χ2v) is 6.65. The van der Waals surface area contributed by atoms with Gasteiger partial charge in [-0.05, 0) is 17.9 Å². The first-order valence-corrected chi connectivity index (χ1v) is 8.46. The number of nitrogens with one attached hydrogen (secondary N) is 1. The highest BCUT2D eigenvalue weighted by Crippen LogP contribution is 2.26. The summed E-state index contributed by atoms with van der Waals surface area (Å²) in [5.74, 6) is 2.63. The first-order valence-electron chi connectivity index (χ1n) is 8.46. The van der Waals surface area contributed by atoms with Crippen molar-refractivity contribution in [2.24, 2.45) is 12.0 Å². The van der Waals surface area contributed by atoms with Crippen molar-refractivity contribution in [3.63, 3.8) is 0 Å². The molecule has 1 aliphatic heterocycles. The lowest BCUT2D eigenvalue weighted by Crippen LogP contribution is -2.39. The molecular weight excluding hydrogens is 304 g/mol. The number of aliphatic imine (C=N–C) groups is 1. The number of aryl methyl sites for hydroxylation is 1. The summed E-state index contributed by atoms with van der Waals surface area (Å²) in [5, 5.41) is 11.7.